The van der Waals surface area contributed by atoms with Gasteiger partial charge in [0.25, 0.3) is 0 Å². The molecule has 0 unspecified atom stereocenters. The molecule has 3 nitrogen and oxygen atoms in total. The number of aryl methyl sites for hydroxylation is 1. The molecule has 0 amide bonds. The van der Waals surface area contributed by atoms with Crippen LogP contribution in [0.15, 0.2) is 41.8 Å². The molecule has 0 fully saturated rings. The average molecular weight is 280 g/mol. The second-order valence-electron chi connectivity index (χ2n) is 3.80. The lowest BCUT2D eigenvalue weighted by atomic mass is 10.3. The molecule has 1 aromatic carbocycles. The van der Waals surface area contributed by atoms with Gasteiger partial charge < -0.3 is 5.32 Å². The van der Waals surface area contributed by atoms with Crippen LogP contribution in [-0.4, -0.2) is 22.3 Å². The number of hydrogen-bond donors (Lipinski definition) is 1. The number of benzene rings is 1. The van der Waals surface area contributed by atoms with Crippen molar-refractivity contribution in [2.24, 2.45) is 0 Å². The molecule has 1 heterocycles. The number of para-hydroxylation sites is 1. The van der Waals surface area contributed by atoms with E-state index in [0.29, 0.717) is 0 Å². The second kappa shape index (κ2) is 6.61. The van der Waals surface area contributed by atoms with Crippen molar-refractivity contribution < 1.29 is 0 Å². The smallest absolute Gasteiger partial charge is 0.187 e. The van der Waals surface area contributed by atoms with Crippen LogP contribution in [0.2, 0.25) is 5.02 Å². The first-order valence-electron chi connectivity index (χ1n) is 5.65. The van der Waals surface area contributed by atoms with Crippen molar-refractivity contribution in [3.63, 3.8) is 0 Å². The highest BCUT2D eigenvalue weighted by Crippen LogP contribution is 2.20. The first kappa shape index (κ1) is 13.2. The van der Waals surface area contributed by atoms with E-state index in [9.17, 15) is 0 Å². The topological polar surface area (TPSA) is 37.8 Å². The van der Waals surface area contributed by atoms with Crippen LogP contribution < -0.4 is 5.32 Å². The summed E-state index contributed by atoms with van der Waals surface area (Å²) < 4.78 is 0. The van der Waals surface area contributed by atoms with E-state index in [1.807, 2.05) is 43.6 Å². The molecule has 2 rings (SSSR count). The summed E-state index contributed by atoms with van der Waals surface area (Å²) in [5, 5.41) is 4.84. The highest BCUT2D eigenvalue weighted by atomic mass is 35.5. The predicted octanol–water partition coefficient (Wildman–Crippen LogP) is 3.64. The summed E-state index contributed by atoms with van der Waals surface area (Å²) in [6, 6.07) is 7.72. The summed E-state index contributed by atoms with van der Waals surface area (Å²) in [5.74, 6) is 0.897. The zero-order valence-electron chi connectivity index (χ0n) is 10.1. The maximum Gasteiger partial charge on any atom is 0.187 e. The minimum absolute atomic E-state index is 0.745. The van der Waals surface area contributed by atoms with E-state index in [1.165, 1.54) is 0 Å². The summed E-state index contributed by atoms with van der Waals surface area (Å²) in [6.45, 7) is 2.80. The third-order valence-electron chi connectivity index (χ3n) is 2.28. The van der Waals surface area contributed by atoms with Gasteiger partial charge in [-0.05, 0) is 24.6 Å². The molecular weight excluding hydrogens is 266 g/mol. The second-order valence-corrected chi connectivity index (χ2v) is 5.27. The summed E-state index contributed by atoms with van der Waals surface area (Å²) in [7, 11) is 0. The van der Waals surface area contributed by atoms with Gasteiger partial charge in [-0.15, -0.1) is 0 Å². The van der Waals surface area contributed by atoms with Crippen molar-refractivity contribution in [2.45, 2.75) is 12.1 Å². The number of thioether (sulfide) groups is 1. The lowest BCUT2D eigenvalue weighted by molar-refractivity contribution is 0.949. The Bertz CT molecular complexity index is 502. The highest BCUT2D eigenvalue weighted by molar-refractivity contribution is 7.99. The quantitative estimate of drug-likeness (QED) is 0.515. The van der Waals surface area contributed by atoms with Crippen LogP contribution in [0.4, 0.5) is 5.69 Å². The maximum absolute atomic E-state index is 6.04. The zero-order valence-corrected chi connectivity index (χ0v) is 11.6. The van der Waals surface area contributed by atoms with Gasteiger partial charge in [-0.1, -0.05) is 35.5 Å². The maximum atomic E-state index is 6.04. The van der Waals surface area contributed by atoms with Crippen molar-refractivity contribution >= 4 is 29.1 Å². The Labute approximate surface area is 116 Å². The Hall–Kier alpha value is -1.26. The molecule has 1 N–H and O–H groups in total. The van der Waals surface area contributed by atoms with E-state index in [0.717, 1.165) is 33.7 Å². The molecule has 0 bridgehead atoms. The van der Waals surface area contributed by atoms with Gasteiger partial charge in [0.2, 0.25) is 0 Å². The molecule has 0 radical (unpaired) electrons. The molecule has 0 spiro atoms. The number of rotatable bonds is 5. The van der Waals surface area contributed by atoms with Gasteiger partial charge in [0.15, 0.2) is 5.16 Å². The van der Waals surface area contributed by atoms with Gasteiger partial charge in [-0.2, -0.15) is 0 Å². The Morgan fingerprint density at radius 2 is 1.94 bits per heavy atom. The molecule has 0 aliphatic carbocycles. The molecule has 0 saturated carbocycles. The van der Waals surface area contributed by atoms with E-state index in [2.05, 4.69) is 15.3 Å². The molecule has 0 aliphatic heterocycles. The van der Waals surface area contributed by atoms with E-state index < -0.39 is 0 Å². The third-order valence-corrected chi connectivity index (χ3v) is 3.49. The molecule has 0 saturated heterocycles. The number of nitrogens with one attached hydrogen (secondary N) is 1. The van der Waals surface area contributed by atoms with E-state index in [-0.39, 0.29) is 0 Å². The molecule has 18 heavy (non-hydrogen) atoms. The minimum Gasteiger partial charge on any atom is -0.383 e. The van der Waals surface area contributed by atoms with Crippen molar-refractivity contribution in [2.75, 3.05) is 17.6 Å². The molecule has 5 heteroatoms. The predicted molar refractivity (Wildman–Crippen MR) is 77.4 cm³/mol. The van der Waals surface area contributed by atoms with Gasteiger partial charge in [0.1, 0.15) is 0 Å². The fourth-order valence-corrected chi connectivity index (χ4v) is 2.23. The minimum atomic E-state index is 0.745. The lowest BCUT2D eigenvalue weighted by Crippen LogP contribution is -2.04. The van der Waals surface area contributed by atoms with Gasteiger partial charge in [-0.25, -0.2) is 9.97 Å². The number of hydrogen-bond acceptors (Lipinski definition) is 4. The molecule has 0 aliphatic rings. The summed E-state index contributed by atoms with van der Waals surface area (Å²) >= 11 is 7.67. The van der Waals surface area contributed by atoms with Gasteiger partial charge in [0, 0.05) is 24.7 Å². The van der Waals surface area contributed by atoms with Crippen LogP contribution in [-0.2, 0) is 0 Å². The number of aromatic nitrogens is 2. The number of nitrogens with zero attached hydrogens (tertiary/aromatic N) is 2. The summed E-state index contributed by atoms with van der Waals surface area (Å²) in [4.78, 5) is 8.48. The highest BCUT2D eigenvalue weighted by Gasteiger charge is 1.99. The Morgan fingerprint density at radius 3 is 2.67 bits per heavy atom. The van der Waals surface area contributed by atoms with Crippen LogP contribution in [0.3, 0.4) is 0 Å². The van der Waals surface area contributed by atoms with Gasteiger partial charge >= 0.3 is 0 Å². The van der Waals surface area contributed by atoms with Crippen LogP contribution >= 0.6 is 23.4 Å². The molecule has 2 aromatic rings. The van der Waals surface area contributed by atoms with Crippen LogP contribution in [0.25, 0.3) is 0 Å². The van der Waals surface area contributed by atoms with Crippen LogP contribution in [0.1, 0.15) is 5.56 Å². The monoisotopic (exact) mass is 279 g/mol. The number of anilines is 1. The van der Waals surface area contributed by atoms with Crippen molar-refractivity contribution in [3.05, 3.63) is 47.2 Å². The van der Waals surface area contributed by atoms with Crippen molar-refractivity contribution in [1.82, 2.24) is 9.97 Å². The van der Waals surface area contributed by atoms with Crippen LogP contribution in [0, 0.1) is 6.92 Å². The summed E-state index contributed by atoms with van der Waals surface area (Å²) in [5.41, 5.74) is 2.04. The molecule has 0 atom stereocenters. The fourth-order valence-electron chi connectivity index (χ4n) is 1.39. The summed E-state index contributed by atoms with van der Waals surface area (Å²) in [6.07, 6.45) is 3.66. The zero-order chi connectivity index (χ0) is 12.8. The van der Waals surface area contributed by atoms with E-state index in [4.69, 9.17) is 11.6 Å². The van der Waals surface area contributed by atoms with Crippen molar-refractivity contribution in [1.29, 1.82) is 0 Å². The number of halogens is 1. The Balaban J connectivity index is 1.76. The first-order valence-corrected chi connectivity index (χ1v) is 7.02. The van der Waals surface area contributed by atoms with Crippen molar-refractivity contribution in [3.8, 4) is 0 Å². The van der Waals surface area contributed by atoms with E-state index >= 15 is 0 Å². The molecular formula is C13H14ClN3S. The fraction of sp³-hybridized carbons (Fsp3) is 0.231. The molecule has 1 aromatic heterocycles. The third kappa shape index (κ3) is 3.89. The lowest BCUT2D eigenvalue weighted by Gasteiger charge is -2.07. The Kier molecular flexibility index (Phi) is 4.84. The van der Waals surface area contributed by atoms with Crippen LogP contribution in [0.5, 0.6) is 0 Å². The first-order chi connectivity index (χ1) is 8.75. The standard InChI is InChI=1S/C13H14ClN3S/c1-10-8-16-13(17-9-10)18-7-6-15-12-5-3-2-4-11(12)14/h2-5,8-9,15H,6-7H2,1H3. The largest absolute Gasteiger partial charge is 0.383 e. The van der Waals surface area contributed by atoms with Gasteiger partial charge in [0.05, 0.1) is 10.7 Å². The average Bonchev–Trinajstić information content (AvgIpc) is 2.39. The van der Waals surface area contributed by atoms with Gasteiger partial charge in [-0.3, -0.25) is 0 Å². The normalized spacial score (nSPS) is 10.3. The molecule has 94 valence electrons. The Morgan fingerprint density at radius 1 is 1.22 bits per heavy atom. The SMILES string of the molecule is Cc1cnc(SCCNc2ccccc2Cl)nc1. The van der Waals surface area contributed by atoms with E-state index in [1.54, 1.807) is 11.8 Å².